The molecule has 0 aliphatic rings. The van der Waals surface area contributed by atoms with Crippen molar-refractivity contribution in [2.75, 3.05) is 12.3 Å². The van der Waals surface area contributed by atoms with Gasteiger partial charge < -0.3 is 0 Å². The number of rotatable bonds is 7. The second-order valence-electron chi connectivity index (χ2n) is 4.60. The van der Waals surface area contributed by atoms with E-state index >= 15 is 0 Å². The molecule has 0 radical (unpaired) electrons. The van der Waals surface area contributed by atoms with Gasteiger partial charge in [-0.25, -0.2) is 0 Å². The number of benzene rings is 1. The van der Waals surface area contributed by atoms with Gasteiger partial charge in [0.15, 0.2) is 0 Å². The van der Waals surface area contributed by atoms with Crippen LogP contribution in [0.5, 0.6) is 0 Å². The van der Waals surface area contributed by atoms with Crippen molar-refractivity contribution in [1.82, 2.24) is 0 Å². The van der Waals surface area contributed by atoms with Crippen molar-refractivity contribution in [3.05, 3.63) is 30.3 Å². The van der Waals surface area contributed by atoms with Crippen LogP contribution in [0.3, 0.4) is 0 Å². The summed E-state index contributed by atoms with van der Waals surface area (Å²) in [5.74, 6) is 0. The summed E-state index contributed by atoms with van der Waals surface area (Å²) in [4.78, 5) is 10.9. The first-order valence-corrected chi connectivity index (χ1v) is 8.87. The van der Waals surface area contributed by atoms with Gasteiger partial charge in [0.25, 0.3) is 0 Å². The van der Waals surface area contributed by atoms with Crippen LogP contribution in [0.15, 0.2) is 30.3 Å². The molecule has 0 saturated carbocycles. The molecule has 0 aliphatic heterocycles. The molecule has 1 nitrogen and oxygen atoms in total. The average molecular weight is 240 g/mol. The fourth-order valence-corrected chi connectivity index (χ4v) is 5.62. The van der Waals surface area contributed by atoms with Crippen molar-refractivity contribution in [1.29, 1.82) is 0 Å². The molecule has 0 atom stereocenters. The molecule has 1 N–H and O–H groups in total. The van der Waals surface area contributed by atoms with E-state index in [1.54, 1.807) is 0 Å². The van der Waals surface area contributed by atoms with Crippen LogP contribution in [-0.2, 0) is 0 Å². The van der Waals surface area contributed by atoms with Crippen LogP contribution in [0.4, 0.5) is 0 Å². The summed E-state index contributed by atoms with van der Waals surface area (Å²) in [6, 6.07) is 10.3. The van der Waals surface area contributed by atoms with E-state index in [4.69, 9.17) is 0 Å². The van der Waals surface area contributed by atoms with Crippen molar-refractivity contribution in [2.45, 2.75) is 39.5 Å². The Morgan fingerprint density at radius 1 is 0.938 bits per heavy atom. The van der Waals surface area contributed by atoms with E-state index in [-0.39, 0.29) is 0 Å². The second-order valence-corrected chi connectivity index (χ2v) is 8.25. The van der Waals surface area contributed by atoms with E-state index in [2.05, 4.69) is 26.0 Å². The molecule has 0 aliphatic carbocycles. The number of unbranched alkanes of at least 4 members (excludes halogenated alkanes) is 2. The van der Waals surface area contributed by atoms with Gasteiger partial charge in [-0.1, -0.05) is 0 Å². The van der Waals surface area contributed by atoms with E-state index < -0.39 is 7.49 Å². The third-order valence-electron chi connectivity index (χ3n) is 3.20. The SMILES string of the molecule is CCCC[PH](O)(CCCC)c1ccccc1. The zero-order chi connectivity index (χ0) is 11.9. The molecular formula is C14H25OP. The average Bonchev–Trinajstić information content (AvgIpc) is 2.35. The summed E-state index contributed by atoms with van der Waals surface area (Å²) in [6.45, 7) is 4.39. The Morgan fingerprint density at radius 3 is 1.88 bits per heavy atom. The van der Waals surface area contributed by atoms with Gasteiger partial charge >= 0.3 is 99.9 Å². The molecule has 1 aromatic rings. The first-order chi connectivity index (χ1) is 7.73. The summed E-state index contributed by atoms with van der Waals surface area (Å²) < 4.78 is 0. The van der Waals surface area contributed by atoms with Gasteiger partial charge in [0.05, 0.1) is 0 Å². The minimum absolute atomic E-state index is 1.02. The van der Waals surface area contributed by atoms with Crippen LogP contribution in [0.2, 0.25) is 0 Å². The van der Waals surface area contributed by atoms with Gasteiger partial charge in [0, 0.05) is 0 Å². The predicted molar refractivity (Wildman–Crippen MR) is 76.2 cm³/mol. The van der Waals surface area contributed by atoms with E-state index in [0.717, 1.165) is 25.2 Å². The third-order valence-corrected chi connectivity index (χ3v) is 6.97. The number of hydrogen-bond donors (Lipinski definition) is 1. The molecule has 0 bridgehead atoms. The van der Waals surface area contributed by atoms with Crippen molar-refractivity contribution in [2.24, 2.45) is 0 Å². The Morgan fingerprint density at radius 2 is 1.44 bits per heavy atom. The van der Waals surface area contributed by atoms with Gasteiger partial charge in [-0.05, 0) is 0 Å². The quantitative estimate of drug-likeness (QED) is 0.722. The Labute approximate surface area is 100 Å². The molecule has 0 amide bonds. The predicted octanol–water partition coefficient (Wildman–Crippen LogP) is 3.57. The Balaban J connectivity index is 2.77. The molecule has 0 heterocycles. The molecule has 0 fully saturated rings. The van der Waals surface area contributed by atoms with Gasteiger partial charge in [0.1, 0.15) is 0 Å². The van der Waals surface area contributed by atoms with Gasteiger partial charge in [-0.2, -0.15) is 0 Å². The maximum absolute atomic E-state index is 10.9. The zero-order valence-corrected chi connectivity index (χ0v) is 11.6. The first kappa shape index (κ1) is 13.7. The standard InChI is InChI=1S/C14H25OP/c1-3-5-12-16(15,13-6-4-2)14-10-8-7-9-11-14/h7-11,15-16H,3-6,12-13H2,1-2H3. The van der Waals surface area contributed by atoms with Crippen LogP contribution in [-0.4, -0.2) is 17.2 Å². The minimum atomic E-state index is -2.17. The molecule has 0 aromatic heterocycles. The summed E-state index contributed by atoms with van der Waals surface area (Å²) >= 11 is 0. The molecule has 0 unspecified atom stereocenters. The maximum atomic E-state index is 10.9. The van der Waals surface area contributed by atoms with Crippen LogP contribution in [0, 0.1) is 0 Å². The molecule has 16 heavy (non-hydrogen) atoms. The third kappa shape index (κ3) is 3.88. The summed E-state index contributed by atoms with van der Waals surface area (Å²) in [6.07, 6.45) is 6.70. The van der Waals surface area contributed by atoms with Crippen LogP contribution in [0.25, 0.3) is 0 Å². The molecule has 0 saturated heterocycles. The van der Waals surface area contributed by atoms with Crippen LogP contribution in [0.1, 0.15) is 39.5 Å². The van der Waals surface area contributed by atoms with Crippen LogP contribution < -0.4 is 5.30 Å². The van der Waals surface area contributed by atoms with E-state index in [1.165, 1.54) is 18.1 Å². The fraction of sp³-hybridized carbons (Fsp3) is 0.571. The fourth-order valence-electron chi connectivity index (χ4n) is 2.10. The zero-order valence-electron chi connectivity index (χ0n) is 10.6. The van der Waals surface area contributed by atoms with Gasteiger partial charge in [0.2, 0.25) is 0 Å². The Bertz CT molecular complexity index is 276. The van der Waals surface area contributed by atoms with Crippen molar-refractivity contribution in [3.63, 3.8) is 0 Å². The normalized spacial score (nSPS) is 12.7. The second kappa shape index (κ2) is 7.04. The molecule has 92 valence electrons. The Hall–Kier alpha value is -0.390. The molecule has 1 aromatic carbocycles. The van der Waals surface area contributed by atoms with Gasteiger partial charge in [-0.3, -0.25) is 0 Å². The van der Waals surface area contributed by atoms with E-state index in [0.29, 0.717) is 0 Å². The monoisotopic (exact) mass is 240 g/mol. The molecule has 2 heteroatoms. The first-order valence-electron chi connectivity index (χ1n) is 6.51. The van der Waals surface area contributed by atoms with E-state index in [1.807, 2.05) is 18.2 Å². The van der Waals surface area contributed by atoms with Crippen molar-refractivity contribution >= 4 is 12.8 Å². The molecule has 0 spiro atoms. The molecule has 1 rings (SSSR count). The topological polar surface area (TPSA) is 20.2 Å². The molecular weight excluding hydrogens is 215 g/mol. The van der Waals surface area contributed by atoms with Crippen molar-refractivity contribution in [3.8, 4) is 0 Å². The van der Waals surface area contributed by atoms with Gasteiger partial charge in [-0.15, -0.1) is 0 Å². The summed E-state index contributed by atoms with van der Waals surface area (Å²) in [7, 11) is -2.17. The number of hydrogen-bond acceptors (Lipinski definition) is 1. The summed E-state index contributed by atoms with van der Waals surface area (Å²) in [5.41, 5.74) is 0. The summed E-state index contributed by atoms with van der Waals surface area (Å²) in [5, 5.41) is 1.22. The van der Waals surface area contributed by atoms with Crippen molar-refractivity contribution < 1.29 is 4.89 Å². The Kier molecular flexibility index (Phi) is 6.01. The van der Waals surface area contributed by atoms with Crippen LogP contribution >= 0.6 is 7.49 Å². The van der Waals surface area contributed by atoms with E-state index in [9.17, 15) is 4.89 Å².